The molecule has 0 unspecified atom stereocenters. The van der Waals surface area contributed by atoms with Crippen molar-refractivity contribution in [3.63, 3.8) is 0 Å². The minimum atomic E-state index is -0.521. The number of aliphatic imine (C=N–C) groups is 1. The minimum Gasteiger partial charge on any atom is -0.463 e. The number of hydrogen-bond donors (Lipinski definition) is 1. The number of nitrogens with one attached hydrogen (secondary N) is 1. The summed E-state index contributed by atoms with van der Waals surface area (Å²) in [6.45, 7) is 5.87. The number of rotatable bonds is 7. The second kappa shape index (κ2) is 10.5. The Morgan fingerprint density at radius 1 is 1.15 bits per heavy atom. The zero-order valence-electron chi connectivity index (χ0n) is 19.2. The number of nitrogens with zero attached hydrogens (tertiary/aromatic N) is 2. The van der Waals surface area contributed by atoms with E-state index in [-0.39, 0.29) is 25.0 Å². The summed E-state index contributed by atoms with van der Waals surface area (Å²) in [5.41, 5.74) is 3.45. The highest BCUT2D eigenvalue weighted by molar-refractivity contribution is 8.16. The standard InChI is InChI=1S/C26H26ClN3O3S/c1-4-33-25(32)22-23(17-8-6-5-7-9-17)29-26-30(24(22)18-10-12-19(27)13-11-18)20(15-34-26)14-21(31)28-16(2)3/h5-13,15-16,24H,4,14H2,1-3H3,(H,28,31)/t24-/m0/s1. The van der Waals surface area contributed by atoms with E-state index in [4.69, 9.17) is 21.3 Å². The molecule has 1 atom stereocenters. The number of benzene rings is 2. The Morgan fingerprint density at radius 3 is 2.50 bits per heavy atom. The van der Waals surface area contributed by atoms with Gasteiger partial charge in [0.2, 0.25) is 5.91 Å². The van der Waals surface area contributed by atoms with E-state index in [9.17, 15) is 9.59 Å². The Hall–Kier alpha value is -3.03. The van der Waals surface area contributed by atoms with Crippen molar-refractivity contribution < 1.29 is 14.3 Å². The third-order valence-corrected chi connectivity index (χ3v) is 6.47. The molecule has 1 amide bonds. The van der Waals surface area contributed by atoms with Crippen LogP contribution in [0.4, 0.5) is 0 Å². The first kappa shape index (κ1) is 24.1. The van der Waals surface area contributed by atoms with Crippen LogP contribution >= 0.6 is 23.4 Å². The Kier molecular flexibility index (Phi) is 7.44. The molecule has 6 nitrogen and oxygen atoms in total. The summed E-state index contributed by atoms with van der Waals surface area (Å²) in [6, 6.07) is 16.5. The largest absolute Gasteiger partial charge is 0.463 e. The molecule has 0 bridgehead atoms. The Balaban J connectivity index is 1.86. The maximum atomic E-state index is 13.4. The third kappa shape index (κ3) is 5.05. The van der Waals surface area contributed by atoms with Gasteiger partial charge in [0, 0.05) is 22.3 Å². The van der Waals surface area contributed by atoms with E-state index in [1.54, 1.807) is 19.1 Å². The summed E-state index contributed by atoms with van der Waals surface area (Å²) in [5, 5.41) is 6.17. The van der Waals surface area contributed by atoms with E-state index in [1.165, 1.54) is 11.8 Å². The van der Waals surface area contributed by atoms with Crippen molar-refractivity contribution in [3.8, 4) is 0 Å². The molecule has 2 aromatic rings. The van der Waals surface area contributed by atoms with Crippen LogP contribution < -0.4 is 5.32 Å². The molecule has 0 fully saturated rings. The highest BCUT2D eigenvalue weighted by Gasteiger charge is 2.42. The number of esters is 1. The molecular formula is C26H26ClN3O3S. The van der Waals surface area contributed by atoms with Gasteiger partial charge >= 0.3 is 5.97 Å². The van der Waals surface area contributed by atoms with Crippen LogP contribution in [0.1, 0.15) is 44.4 Å². The fourth-order valence-electron chi connectivity index (χ4n) is 3.99. The lowest BCUT2D eigenvalue weighted by Gasteiger charge is -2.36. The van der Waals surface area contributed by atoms with Crippen molar-refractivity contribution in [1.82, 2.24) is 10.2 Å². The summed E-state index contributed by atoms with van der Waals surface area (Å²) < 4.78 is 5.50. The molecule has 2 heterocycles. The number of hydrogen-bond acceptors (Lipinski definition) is 6. The van der Waals surface area contributed by atoms with Gasteiger partial charge in [-0.25, -0.2) is 9.79 Å². The van der Waals surface area contributed by atoms with Crippen LogP contribution in [0.25, 0.3) is 5.70 Å². The third-order valence-electron chi connectivity index (χ3n) is 5.33. The number of amidine groups is 1. The van der Waals surface area contributed by atoms with Crippen LogP contribution in [-0.2, 0) is 14.3 Å². The monoisotopic (exact) mass is 495 g/mol. The van der Waals surface area contributed by atoms with Gasteiger partial charge < -0.3 is 15.0 Å². The maximum absolute atomic E-state index is 13.4. The van der Waals surface area contributed by atoms with Gasteiger partial charge in [-0.1, -0.05) is 65.8 Å². The Labute approximate surface area is 208 Å². The molecule has 2 aliphatic rings. The summed E-state index contributed by atoms with van der Waals surface area (Å²) in [4.78, 5) is 32.9. The van der Waals surface area contributed by atoms with E-state index < -0.39 is 12.0 Å². The lowest BCUT2D eigenvalue weighted by atomic mass is 9.91. The first-order valence-electron chi connectivity index (χ1n) is 11.1. The van der Waals surface area contributed by atoms with E-state index in [0.29, 0.717) is 21.5 Å². The van der Waals surface area contributed by atoms with Crippen LogP contribution in [0.5, 0.6) is 0 Å². The topological polar surface area (TPSA) is 71.0 Å². The lowest BCUT2D eigenvalue weighted by molar-refractivity contribution is -0.139. The molecular weight excluding hydrogens is 470 g/mol. The molecule has 0 spiro atoms. The number of amides is 1. The maximum Gasteiger partial charge on any atom is 0.338 e. The van der Waals surface area contributed by atoms with Gasteiger partial charge in [-0.15, -0.1) is 0 Å². The molecule has 8 heteroatoms. The van der Waals surface area contributed by atoms with Gasteiger partial charge in [0.15, 0.2) is 5.17 Å². The van der Waals surface area contributed by atoms with Crippen molar-refractivity contribution >= 4 is 46.1 Å². The van der Waals surface area contributed by atoms with Gasteiger partial charge in [-0.2, -0.15) is 0 Å². The highest BCUT2D eigenvalue weighted by atomic mass is 35.5. The van der Waals surface area contributed by atoms with Crippen molar-refractivity contribution in [2.75, 3.05) is 6.61 Å². The average molecular weight is 496 g/mol. The second-order valence-corrected chi connectivity index (χ2v) is 9.47. The SMILES string of the molecule is CCOC(=O)C1=C(c2ccccc2)N=C2SC=C(CC(=O)NC(C)C)N2[C@H]1c1ccc(Cl)cc1. The van der Waals surface area contributed by atoms with Gasteiger partial charge in [0.05, 0.1) is 30.3 Å². The molecule has 0 saturated heterocycles. The Bertz CT molecular complexity index is 1170. The summed E-state index contributed by atoms with van der Waals surface area (Å²) in [7, 11) is 0. The molecule has 34 heavy (non-hydrogen) atoms. The van der Waals surface area contributed by atoms with E-state index in [0.717, 1.165) is 16.8 Å². The fraction of sp³-hybridized carbons (Fsp3) is 0.269. The average Bonchev–Trinajstić information content (AvgIpc) is 3.21. The first-order chi connectivity index (χ1) is 16.4. The highest BCUT2D eigenvalue weighted by Crippen LogP contribution is 2.47. The molecule has 2 aromatic carbocycles. The van der Waals surface area contributed by atoms with Gasteiger partial charge in [-0.3, -0.25) is 4.79 Å². The normalized spacial score (nSPS) is 17.3. The zero-order valence-corrected chi connectivity index (χ0v) is 20.8. The number of carbonyl (C=O) groups excluding carboxylic acids is 2. The number of thioether (sulfide) groups is 1. The minimum absolute atomic E-state index is 0.0309. The lowest BCUT2D eigenvalue weighted by Crippen LogP contribution is -2.38. The van der Waals surface area contributed by atoms with E-state index >= 15 is 0 Å². The molecule has 0 saturated carbocycles. The van der Waals surface area contributed by atoms with E-state index in [2.05, 4.69) is 5.32 Å². The molecule has 1 N–H and O–H groups in total. The van der Waals surface area contributed by atoms with Crippen LogP contribution in [0.15, 0.2) is 76.3 Å². The van der Waals surface area contributed by atoms with Gasteiger partial charge in [-0.05, 0) is 43.9 Å². The van der Waals surface area contributed by atoms with Crippen molar-refractivity contribution in [2.24, 2.45) is 4.99 Å². The van der Waals surface area contributed by atoms with Gasteiger partial charge in [0.25, 0.3) is 0 Å². The summed E-state index contributed by atoms with van der Waals surface area (Å²) in [5.74, 6) is -0.527. The molecule has 0 radical (unpaired) electrons. The molecule has 176 valence electrons. The molecule has 2 aliphatic heterocycles. The quantitative estimate of drug-likeness (QED) is 0.511. The predicted octanol–water partition coefficient (Wildman–Crippen LogP) is 5.53. The van der Waals surface area contributed by atoms with Crippen molar-refractivity contribution in [1.29, 1.82) is 0 Å². The van der Waals surface area contributed by atoms with Crippen molar-refractivity contribution in [3.05, 3.63) is 87.4 Å². The van der Waals surface area contributed by atoms with Crippen LogP contribution in [0, 0.1) is 0 Å². The second-order valence-electron chi connectivity index (χ2n) is 8.19. The summed E-state index contributed by atoms with van der Waals surface area (Å²) >= 11 is 7.62. The predicted molar refractivity (Wildman–Crippen MR) is 137 cm³/mol. The Morgan fingerprint density at radius 2 is 1.85 bits per heavy atom. The molecule has 0 aliphatic carbocycles. The number of ether oxygens (including phenoxy) is 1. The number of halogens is 1. The van der Waals surface area contributed by atoms with E-state index in [1.807, 2.05) is 66.6 Å². The van der Waals surface area contributed by atoms with Crippen LogP contribution in [0.3, 0.4) is 0 Å². The van der Waals surface area contributed by atoms with Gasteiger partial charge in [0.1, 0.15) is 0 Å². The van der Waals surface area contributed by atoms with Crippen molar-refractivity contribution in [2.45, 2.75) is 39.3 Å². The number of carbonyl (C=O) groups is 2. The molecule has 4 rings (SSSR count). The van der Waals surface area contributed by atoms with Crippen LogP contribution in [-0.4, -0.2) is 34.6 Å². The summed E-state index contributed by atoms with van der Waals surface area (Å²) in [6.07, 6.45) is 0.172. The fourth-order valence-corrected chi connectivity index (χ4v) is 5.03. The molecule has 0 aromatic heterocycles. The smallest absolute Gasteiger partial charge is 0.338 e. The zero-order chi connectivity index (χ0) is 24.2. The first-order valence-corrected chi connectivity index (χ1v) is 12.4. The number of fused-ring (bicyclic) bond motifs is 1. The van der Waals surface area contributed by atoms with Crippen LogP contribution in [0.2, 0.25) is 5.02 Å².